The van der Waals surface area contributed by atoms with Crippen LogP contribution >= 0.6 is 0 Å². The minimum atomic E-state index is -1.53. The van der Waals surface area contributed by atoms with Crippen LogP contribution in [-0.2, 0) is 20.7 Å². The van der Waals surface area contributed by atoms with E-state index >= 15 is 0 Å². The van der Waals surface area contributed by atoms with Gasteiger partial charge in [-0.25, -0.2) is 14.0 Å². The number of nitrogens with one attached hydrogen (secondary N) is 2. The third kappa shape index (κ3) is 8.47. The average molecular weight is 613 g/mol. The molecule has 240 valence electrons. The standard InChI is InChI=1S/C33H45FN4O6/c1-24(26-9-4-3-5-10-26)36-30(40)29(39)28(11-6-7-18-35-31(41)37-19-21-44-22-20-37)38(32(42)43-2)33(16-8-17-33)23-25-12-14-27(34)15-13-25/h3-5,9-10,12-15,24,28-29,39H,6-8,11,16-23H2,1-2H3,(H,35,41)(H,36,40)/t24-,28+,29?/m1/s1. The third-order valence-corrected chi connectivity index (χ3v) is 8.74. The Morgan fingerprint density at radius 1 is 1.07 bits per heavy atom. The molecule has 44 heavy (non-hydrogen) atoms. The summed E-state index contributed by atoms with van der Waals surface area (Å²) < 4.78 is 24.2. The predicted octanol–water partition coefficient (Wildman–Crippen LogP) is 4.18. The zero-order valence-corrected chi connectivity index (χ0v) is 25.7. The molecular formula is C33H45FN4O6. The molecule has 2 aromatic rings. The van der Waals surface area contributed by atoms with E-state index in [0.717, 1.165) is 17.5 Å². The van der Waals surface area contributed by atoms with E-state index in [1.165, 1.54) is 19.2 Å². The van der Waals surface area contributed by atoms with Crippen molar-refractivity contribution in [2.24, 2.45) is 0 Å². The van der Waals surface area contributed by atoms with Gasteiger partial charge in [-0.2, -0.15) is 0 Å². The maximum Gasteiger partial charge on any atom is 0.410 e. The molecule has 10 nitrogen and oxygen atoms in total. The van der Waals surface area contributed by atoms with E-state index in [0.29, 0.717) is 71.4 Å². The molecule has 4 rings (SSSR count). The molecule has 1 saturated heterocycles. The monoisotopic (exact) mass is 612 g/mol. The number of nitrogens with zero attached hydrogens (tertiary/aromatic N) is 2. The maximum absolute atomic E-state index is 13.7. The van der Waals surface area contributed by atoms with Crippen LogP contribution in [0.1, 0.15) is 62.6 Å². The molecule has 1 aliphatic heterocycles. The zero-order valence-electron chi connectivity index (χ0n) is 25.7. The third-order valence-electron chi connectivity index (χ3n) is 8.74. The van der Waals surface area contributed by atoms with Gasteiger partial charge in [0.25, 0.3) is 5.91 Å². The summed E-state index contributed by atoms with van der Waals surface area (Å²) in [6, 6.07) is 14.2. The van der Waals surface area contributed by atoms with E-state index in [4.69, 9.17) is 9.47 Å². The number of unbranched alkanes of at least 4 members (excludes halogenated alkanes) is 1. The molecule has 1 saturated carbocycles. The molecule has 2 aliphatic rings. The molecule has 1 aliphatic carbocycles. The molecule has 1 unspecified atom stereocenters. The number of hydrogen-bond donors (Lipinski definition) is 3. The van der Waals surface area contributed by atoms with Crippen LogP contribution in [0.4, 0.5) is 14.0 Å². The normalized spacial score (nSPS) is 17.9. The summed E-state index contributed by atoms with van der Waals surface area (Å²) in [6.07, 6.45) is 1.87. The number of morpholine rings is 1. The zero-order chi connectivity index (χ0) is 31.5. The lowest BCUT2D eigenvalue weighted by atomic mass is 9.70. The second kappa shape index (κ2) is 15.9. The molecule has 1 heterocycles. The number of hydrogen-bond acceptors (Lipinski definition) is 6. The van der Waals surface area contributed by atoms with Crippen LogP contribution in [-0.4, -0.2) is 90.6 Å². The number of aliphatic hydroxyl groups excluding tert-OH is 1. The first-order valence-electron chi connectivity index (χ1n) is 15.5. The number of halogens is 1. The number of amides is 4. The largest absolute Gasteiger partial charge is 0.453 e. The maximum atomic E-state index is 13.7. The van der Waals surface area contributed by atoms with Crippen molar-refractivity contribution in [2.75, 3.05) is 40.0 Å². The van der Waals surface area contributed by atoms with Crippen LogP contribution in [0.2, 0.25) is 0 Å². The smallest absolute Gasteiger partial charge is 0.410 e. The summed E-state index contributed by atoms with van der Waals surface area (Å²) in [5, 5.41) is 17.4. The highest BCUT2D eigenvalue weighted by Crippen LogP contribution is 2.43. The Bertz CT molecular complexity index is 1220. The van der Waals surface area contributed by atoms with Crippen LogP contribution in [0, 0.1) is 5.82 Å². The number of ether oxygens (including phenoxy) is 2. The number of methoxy groups -OCH3 is 1. The van der Waals surface area contributed by atoms with Crippen molar-refractivity contribution in [1.29, 1.82) is 0 Å². The highest BCUT2D eigenvalue weighted by atomic mass is 19.1. The number of carbonyl (C=O) groups excluding carboxylic acids is 3. The molecule has 0 bridgehead atoms. The van der Waals surface area contributed by atoms with E-state index < -0.39 is 29.7 Å². The van der Waals surface area contributed by atoms with Crippen molar-refractivity contribution in [2.45, 2.75) is 75.6 Å². The van der Waals surface area contributed by atoms with Gasteiger partial charge in [0.2, 0.25) is 0 Å². The van der Waals surface area contributed by atoms with Crippen LogP contribution in [0.15, 0.2) is 54.6 Å². The van der Waals surface area contributed by atoms with E-state index in [1.807, 2.05) is 37.3 Å². The fourth-order valence-electron chi connectivity index (χ4n) is 6.13. The van der Waals surface area contributed by atoms with E-state index in [1.54, 1.807) is 21.9 Å². The fraction of sp³-hybridized carbons (Fsp3) is 0.545. The molecule has 3 atom stereocenters. The Kier molecular flexibility index (Phi) is 12.0. The van der Waals surface area contributed by atoms with Crippen molar-refractivity contribution in [1.82, 2.24) is 20.4 Å². The number of rotatable bonds is 13. The number of urea groups is 1. The Morgan fingerprint density at radius 2 is 1.75 bits per heavy atom. The molecule has 2 fully saturated rings. The SMILES string of the molecule is COC(=O)N([C@@H](CCCCNC(=O)N1CCOCC1)C(O)C(=O)N[C@H](C)c1ccccc1)C1(Cc2ccc(F)cc2)CCC1. The van der Waals surface area contributed by atoms with Crippen molar-refractivity contribution in [3.63, 3.8) is 0 Å². The summed E-state index contributed by atoms with van der Waals surface area (Å²) in [5.74, 6) is -0.934. The molecule has 2 aromatic carbocycles. The summed E-state index contributed by atoms with van der Waals surface area (Å²) in [5.41, 5.74) is 1.03. The van der Waals surface area contributed by atoms with E-state index in [2.05, 4.69) is 10.6 Å². The predicted molar refractivity (Wildman–Crippen MR) is 163 cm³/mol. The first-order valence-corrected chi connectivity index (χ1v) is 15.5. The van der Waals surface area contributed by atoms with Gasteiger partial charge in [-0.1, -0.05) is 42.5 Å². The Balaban J connectivity index is 1.51. The fourth-order valence-corrected chi connectivity index (χ4v) is 6.13. The van der Waals surface area contributed by atoms with Gasteiger partial charge < -0.3 is 30.1 Å². The molecule has 4 amide bonds. The first kappa shape index (κ1) is 33.2. The highest BCUT2D eigenvalue weighted by molar-refractivity contribution is 5.83. The lowest BCUT2D eigenvalue weighted by Gasteiger charge is -2.53. The highest BCUT2D eigenvalue weighted by Gasteiger charge is 2.50. The summed E-state index contributed by atoms with van der Waals surface area (Å²) >= 11 is 0. The van der Waals surface area contributed by atoms with Gasteiger partial charge in [-0.3, -0.25) is 9.69 Å². The number of benzene rings is 2. The van der Waals surface area contributed by atoms with E-state index in [-0.39, 0.29) is 17.9 Å². The van der Waals surface area contributed by atoms with Crippen molar-refractivity contribution >= 4 is 18.0 Å². The molecule has 0 spiro atoms. The Labute approximate surface area is 258 Å². The van der Waals surface area contributed by atoms with Gasteiger partial charge in [0.1, 0.15) is 5.82 Å². The molecular weight excluding hydrogens is 567 g/mol. The molecule has 0 radical (unpaired) electrons. The average Bonchev–Trinajstić information content (AvgIpc) is 3.03. The Hall–Kier alpha value is -3.70. The van der Waals surface area contributed by atoms with Gasteiger partial charge in [-0.15, -0.1) is 0 Å². The summed E-state index contributed by atoms with van der Waals surface area (Å²) in [7, 11) is 1.29. The van der Waals surface area contributed by atoms with Crippen LogP contribution in [0.3, 0.4) is 0 Å². The van der Waals surface area contributed by atoms with Gasteiger partial charge in [0.15, 0.2) is 6.10 Å². The van der Waals surface area contributed by atoms with Gasteiger partial charge in [0, 0.05) is 19.6 Å². The van der Waals surface area contributed by atoms with Crippen molar-refractivity contribution < 1.29 is 33.4 Å². The van der Waals surface area contributed by atoms with Crippen LogP contribution < -0.4 is 10.6 Å². The van der Waals surface area contributed by atoms with Gasteiger partial charge in [0.05, 0.1) is 37.9 Å². The molecule has 3 N–H and O–H groups in total. The second-order valence-corrected chi connectivity index (χ2v) is 11.7. The molecule has 11 heteroatoms. The molecule has 0 aromatic heterocycles. The Morgan fingerprint density at radius 3 is 2.36 bits per heavy atom. The second-order valence-electron chi connectivity index (χ2n) is 11.7. The van der Waals surface area contributed by atoms with Crippen molar-refractivity contribution in [3.8, 4) is 0 Å². The summed E-state index contributed by atoms with van der Waals surface area (Å²) in [4.78, 5) is 42.8. The number of aliphatic hydroxyl groups is 1. The summed E-state index contributed by atoms with van der Waals surface area (Å²) in [6.45, 7) is 4.37. The van der Waals surface area contributed by atoms with Gasteiger partial charge >= 0.3 is 12.1 Å². The minimum Gasteiger partial charge on any atom is -0.453 e. The quantitative estimate of drug-likeness (QED) is 0.292. The topological polar surface area (TPSA) is 120 Å². The first-order chi connectivity index (χ1) is 21.2. The van der Waals surface area contributed by atoms with Gasteiger partial charge in [-0.05, 0) is 75.1 Å². The van der Waals surface area contributed by atoms with Crippen LogP contribution in [0.5, 0.6) is 0 Å². The van der Waals surface area contributed by atoms with Crippen LogP contribution in [0.25, 0.3) is 0 Å². The number of carbonyl (C=O) groups is 3. The van der Waals surface area contributed by atoms with E-state index in [9.17, 15) is 23.9 Å². The lowest BCUT2D eigenvalue weighted by Crippen LogP contribution is -2.65. The van der Waals surface area contributed by atoms with Crippen molar-refractivity contribution in [3.05, 3.63) is 71.5 Å². The minimum absolute atomic E-state index is 0.150. The lowest BCUT2D eigenvalue weighted by molar-refractivity contribution is -0.136.